The van der Waals surface area contributed by atoms with E-state index in [1.165, 1.54) is 7.11 Å². The first-order chi connectivity index (χ1) is 14.6. The van der Waals surface area contributed by atoms with Gasteiger partial charge in [0.1, 0.15) is 0 Å². The van der Waals surface area contributed by atoms with Crippen LogP contribution >= 0.6 is 24.0 Å². The SMILES string of the molecule is CCNC(=NCc1ccc(NC(=O)OC)cc1)NCC1CC(=O)Nc2ccccc21.I. The summed E-state index contributed by atoms with van der Waals surface area (Å²) in [6, 6.07) is 15.3. The highest BCUT2D eigenvalue weighted by Gasteiger charge is 2.24. The maximum atomic E-state index is 12.0. The van der Waals surface area contributed by atoms with E-state index in [0.29, 0.717) is 31.2 Å². The van der Waals surface area contributed by atoms with Crippen LogP contribution in [-0.4, -0.2) is 38.2 Å². The van der Waals surface area contributed by atoms with Crippen molar-refractivity contribution in [2.75, 3.05) is 30.8 Å². The lowest BCUT2D eigenvalue weighted by Crippen LogP contribution is -2.40. The predicted octanol–water partition coefficient (Wildman–Crippen LogP) is 3.66. The molecule has 0 radical (unpaired) electrons. The molecule has 3 rings (SSSR count). The highest BCUT2D eigenvalue weighted by atomic mass is 127. The molecule has 1 unspecified atom stereocenters. The minimum atomic E-state index is -0.502. The number of carbonyl (C=O) groups excluding carboxylic acids is 2. The lowest BCUT2D eigenvalue weighted by atomic mass is 9.90. The summed E-state index contributed by atoms with van der Waals surface area (Å²) >= 11 is 0. The largest absolute Gasteiger partial charge is 0.453 e. The molecule has 1 aliphatic heterocycles. The van der Waals surface area contributed by atoms with Gasteiger partial charge in [-0.05, 0) is 36.2 Å². The summed E-state index contributed by atoms with van der Waals surface area (Å²) in [5, 5.41) is 12.1. The van der Waals surface area contributed by atoms with Crippen molar-refractivity contribution in [1.29, 1.82) is 0 Å². The molecule has 0 bridgehead atoms. The van der Waals surface area contributed by atoms with Gasteiger partial charge in [-0.1, -0.05) is 30.3 Å². The fraction of sp³-hybridized carbons (Fsp3) is 0.318. The Balaban J connectivity index is 0.00000341. The van der Waals surface area contributed by atoms with Crippen molar-refractivity contribution in [3.63, 3.8) is 0 Å². The van der Waals surface area contributed by atoms with E-state index in [-0.39, 0.29) is 35.8 Å². The molecular weight excluding hydrogens is 509 g/mol. The third-order valence-corrected chi connectivity index (χ3v) is 4.77. The number of nitrogens with zero attached hydrogens (tertiary/aromatic N) is 1. The lowest BCUT2D eigenvalue weighted by molar-refractivity contribution is -0.116. The summed E-state index contributed by atoms with van der Waals surface area (Å²) in [4.78, 5) is 27.9. The van der Waals surface area contributed by atoms with Gasteiger partial charge in [-0.25, -0.2) is 9.79 Å². The van der Waals surface area contributed by atoms with Crippen LogP contribution in [0.3, 0.4) is 0 Å². The molecule has 166 valence electrons. The maximum Gasteiger partial charge on any atom is 0.411 e. The number of benzene rings is 2. The molecule has 1 atom stereocenters. The Morgan fingerprint density at radius 2 is 1.90 bits per heavy atom. The minimum Gasteiger partial charge on any atom is -0.453 e. The fourth-order valence-electron chi connectivity index (χ4n) is 3.28. The van der Waals surface area contributed by atoms with Crippen molar-refractivity contribution in [3.8, 4) is 0 Å². The molecule has 2 aromatic rings. The summed E-state index contributed by atoms with van der Waals surface area (Å²) in [6.07, 6.45) is -0.0599. The molecule has 1 aliphatic rings. The summed E-state index contributed by atoms with van der Waals surface area (Å²) in [5.74, 6) is 0.809. The van der Waals surface area contributed by atoms with Gasteiger partial charge < -0.3 is 20.7 Å². The molecule has 2 amide bonds. The highest BCUT2D eigenvalue weighted by Crippen LogP contribution is 2.31. The summed E-state index contributed by atoms with van der Waals surface area (Å²) in [5.41, 5.74) is 3.68. The van der Waals surface area contributed by atoms with Gasteiger partial charge in [-0.15, -0.1) is 24.0 Å². The third kappa shape index (κ3) is 7.12. The average molecular weight is 537 g/mol. The number of aliphatic imine (C=N–C) groups is 1. The monoisotopic (exact) mass is 537 g/mol. The molecule has 0 aliphatic carbocycles. The number of hydrogen-bond donors (Lipinski definition) is 4. The number of para-hydroxylation sites is 1. The molecule has 0 spiro atoms. The van der Waals surface area contributed by atoms with E-state index in [0.717, 1.165) is 23.4 Å². The lowest BCUT2D eigenvalue weighted by Gasteiger charge is -2.26. The first-order valence-electron chi connectivity index (χ1n) is 9.94. The summed E-state index contributed by atoms with van der Waals surface area (Å²) in [6.45, 7) is 3.83. The molecule has 0 saturated heterocycles. The Bertz CT molecular complexity index is 918. The van der Waals surface area contributed by atoms with Gasteiger partial charge >= 0.3 is 6.09 Å². The number of rotatable bonds is 6. The topological polar surface area (TPSA) is 104 Å². The molecular formula is C22H28IN5O3. The third-order valence-electron chi connectivity index (χ3n) is 4.77. The van der Waals surface area contributed by atoms with Crippen LogP contribution in [0.25, 0.3) is 0 Å². The molecule has 0 saturated carbocycles. The van der Waals surface area contributed by atoms with Gasteiger partial charge in [0.15, 0.2) is 5.96 Å². The van der Waals surface area contributed by atoms with Gasteiger partial charge in [-0.3, -0.25) is 10.1 Å². The molecule has 31 heavy (non-hydrogen) atoms. The van der Waals surface area contributed by atoms with Crippen molar-refractivity contribution in [3.05, 3.63) is 59.7 Å². The first kappa shape index (κ1) is 24.4. The zero-order chi connectivity index (χ0) is 21.3. The second kappa shape index (κ2) is 12.1. The van der Waals surface area contributed by atoms with Gasteiger partial charge in [-0.2, -0.15) is 0 Å². The van der Waals surface area contributed by atoms with E-state index in [4.69, 9.17) is 0 Å². The number of halogens is 1. The van der Waals surface area contributed by atoms with E-state index in [1.54, 1.807) is 12.1 Å². The molecule has 0 fully saturated rings. The molecule has 8 nitrogen and oxygen atoms in total. The van der Waals surface area contributed by atoms with Crippen LogP contribution in [0.15, 0.2) is 53.5 Å². The number of nitrogens with one attached hydrogen (secondary N) is 4. The molecule has 0 aromatic heterocycles. The number of guanidine groups is 1. The van der Waals surface area contributed by atoms with Crippen LogP contribution in [0.4, 0.5) is 16.2 Å². The Morgan fingerprint density at radius 1 is 1.16 bits per heavy atom. The van der Waals surface area contributed by atoms with Crippen molar-refractivity contribution < 1.29 is 14.3 Å². The van der Waals surface area contributed by atoms with Crippen LogP contribution < -0.4 is 21.3 Å². The Labute approximate surface area is 199 Å². The fourth-order valence-corrected chi connectivity index (χ4v) is 3.28. The summed E-state index contributed by atoms with van der Waals surface area (Å²) in [7, 11) is 1.33. The number of carbonyl (C=O) groups is 2. The first-order valence-corrected chi connectivity index (χ1v) is 9.94. The van der Waals surface area contributed by atoms with Crippen molar-refractivity contribution in [2.45, 2.75) is 25.8 Å². The quantitative estimate of drug-likeness (QED) is 0.256. The van der Waals surface area contributed by atoms with Crippen LogP contribution in [0, 0.1) is 0 Å². The normalized spacial score (nSPS) is 15.1. The van der Waals surface area contributed by atoms with E-state index < -0.39 is 6.09 Å². The van der Waals surface area contributed by atoms with Crippen LogP contribution in [0.1, 0.15) is 30.4 Å². The molecule has 2 aromatic carbocycles. The van der Waals surface area contributed by atoms with Crippen molar-refractivity contribution >= 4 is 53.3 Å². The Hall–Kier alpha value is -2.82. The van der Waals surface area contributed by atoms with E-state index in [2.05, 4.69) is 37.1 Å². The van der Waals surface area contributed by atoms with Gasteiger partial charge in [0, 0.05) is 36.8 Å². The molecule has 4 N–H and O–H groups in total. The number of anilines is 2. The average Bonchev–Trinajstić information content (AvgIpc) is 2.76. The van der Waals surface area contributed by atoms with Gasteiger partial charge in [0.25, 0.3) is 0 Å². The van der Waals surface area contributed by atoms with E-state index >= 15 is 0 Å². The van der Waals surface area contributed by atoms with Gasteiger partial charge in [0.2, 0.25) is 5.91 Å². The van der Waals surface area contributed by atoms with Crippen LogP contribution in [0.5, 0.6) is 0 Å². The number of methoxy groups -OCH3 is 1. The second-order valence-corrected chi connectivity index (χ2v) is 6.93. The van der Waals surface area contributed by atoms with Crippen LogP contribution in [0.2, 0.25) is 0 Å². The molecule has 1 heterocycles. The Morgan fingerprint density at radius 3 is 2.61 bits per heavy atom. The number of amides is 2. The zero-order valence-electron chi connectivity index (χ0n) is 17.6. The standard InChI is InChI=1S/C22H27N5O3.HI/c1-3-23-21(24-13-15-8-10-17(11-9-15)26-22(29)30-2)25-14-16-12-20(28)27-19-7-5-4-6-18(16)19;/h4-11,16H,3,12-14H2,1-2H3,(H,26,29)(H,27,28)(H2,23,24,25);1H. The van der Waals surface area contributed by atoms with Crippen molar-refractivity contribution in [1.82, 2.24) is 10.6 Å². The Kier molecular flexibility index (Phi) is 9.57. The smallest absolute Gasteiger partial charge is 0.411 e. The number of fused-ring (bicyclic) bond motifs is 1. The zero-order valence-corrected chi connectivity index (χ0v) is 19.9. The van der Waals surface area contributed by atoms with E-state index in [9.17, 15) is 9.59 Å². The minimum absolute atomic E-state index is 0. The van der Waals surface area contributed by atoms with E-state index in [1.807, 2.05) is 37.3 Å². The highest BCUT2D eigenvalue weighted by molar-refractivity contribution is 14.0. The van der Waals surface area contributed by atoms with Gasteiger partial charge in [0.05, 0.1) is 13.7 Å². The van der Waals surface area contributed by atoms with Crippen LogP contribution in [-0.2, 0) is 16.1 Å². The summed E-state index contributed by atoms with van der Waals surface area (Å²) < 4.78 is 4.58. The number of ether oxygens (including phenoxy) is 1. The molecule has 9 heteroatoms. The number of hydrogen-bond acceptors (Lipinski definition) is 4. The van der Waals surface area contributed by atoms with Crippen molar-refractivity contribution in [2.24, 2.45) is 4.99 Å². The maximum absolute atomic E-state index is 12.0. The predicted molar refractivity (Wildman–Crippen MR) is 133 cm³/mol. The second-order valence-electron chi connectivity index (χ2n) is 6.93.